The molecule has 0 aliphatic carbocycles. The third kappa shape index (κ3) is 12.9. The van der Waals surface area contributed by atoms with Crippen LogP contribution in [0.3, 0.4) is 0 Å². The first kappa shape index (κ1) is 14.9. The van der Waals surface area contributed by atoms with Crippen LogP contribution in [-0.2, 0) is 14.3 Å². The predicted molar refractivity (Wildman–Crippen MR) is 64.2 cm³/mol. The van der Waals surface area contributed by atoms with Crippen molar-refractivity contribution in [2.75, 3.05) is 6.61 Å². The number of hydrogen-bond acceptors (Lipinski definition) is 3. The molecule has 0 fully saturated rings. The minimum absolute atomic E-state index is 0.193. The Morgan fingerprint density at radius 1 is 1.06 bits per heavy atom. The molecule has 0 radical (unpaired) electrons. The highest BCUT2D eigenvalue weighted by Crippen LogP contribution is 2.07. The molecule has 0 aromatic rings. The lowest BCUT2D eigenvalue weighted by molar-refractivity contribution is -0.141. The van der Waals surface area contributed by atoms with Crippen molar-refractivity contribution in [2.45, 2.75) is 51.9 Å². The molecular formula is C13H22O3. The van der Waals surface area contributed by atoms with Crippen LogP contribution in [0.2, 0.25) is 0 Å². The second-order valence-electron chi connectivity index (χ2n) is 3.81. The lowest BCUT2D eigenvalue weighted by Gasteiger charge is -2.01. The number of carbonyl (C=O) groups excluding carboxylic acids is 2. The van der Waals surface area contributed by atoms with E-state index >= 15 is 0 Å². The van der Waals surface area contributed by atoms with Crippen molar-refractivity contribution >= 4 is 12.3 Å². The summed E-state index contributed by atoms with van der Waals surface area (Å²) in [5.74, 6) is -0.193. The highest BCUT2D eigenvalue weighted by Gasteiger charge is 1.93. The van der Waals surface area contributed by atoms with E-state index in [0.717, 1.165) is 32.0 Å². The molecule has 0 amide bonds. The second kappa shape index (κ2) is 12.0. The fourth-order valence-electron chi connectivity index (χ4n) is 1.44. The van der Waals surface area contributed by atoms with Crippen molar-refractivity contribution in [1.82, 2.24) is 0 Å². The average molecular weight is 226 g/mol. The largest absolute Gasteiger partial charge is 0.466 e. The molecule has 0 aromatic heterocycles. The molecule has 0 rings (SSSR count). The van der Waals surface area contributed by atoms with Gasteiger partial charge in [0.15, 0.2) is 0 Å². The SMILES string of the molecule is CC(=O)OCCCCCCCC/C=C\C=O. The summed E-state index contributed by atoms with van der Waals surface area (Å²) in [6, 6.07) is 0. The lowest BCUT2D eigenvalue weighted by atomic mass is 10.1. The van der Waals surface area contributed by atoms with Crippen LogP contribution in [0.5, 0.6) is 0 Å². The first-order valence-corrected chi connectivity index (χ1v) is 6.01. The monoisotopic (exact) mass is 226 g/mol. The second-order valence-corrected chi connectivity index (χ2v) is 3.81. The summed E-state index contributed by atoms with van der Waals surface area (Å²) < 4.78 is 4.83. The Labute approximate surface area is 97.9 Å². The average Bonchev–Trinajstić information content (AvgIpc) is 2.25. The van der Waals surface area contributed by atoms with Gasteiger partial charge in [0.05, 0.1) is 6.61 Å². The molecule has 0 heterocycles. The highest BCUT2D eigenvalue weighted by molar-refractivity contribution is 5.65. The van der Waals surface area contributed by atoms with E-state index in [-0.39, 0.29) is 5.97 Å². The van der Waals surface area contributed by atoms with Crippen molar-refractivity contribution < 1.29 is 14.3 Å². The van der Waals surface area contributed by atoms with Gasteiger partial charge in [0.25, 0.3) is 0 Å². The van der Waals surface area contributed by atoms with Gasteiger partial charge in [-0.1, -0.05) is 31.8 Å². The van der Waals surface area contributed by atoms with E-state index in [1.807, 2.05) is 6.08 Å². The maximum Gasteiger partial charge on any atom is 0.302 e. The fraction of sp³-hybridized carbons (Fsp3) is 0.692. The van der Waals surface area contributed by atoms with E-state index in [4.69, 9.17) is 4.74 Å². The first-order chi connectivity index (χ1) is 7.77. The minimum atomic E-state index is -0.193. The van der Waals surface area contributed by atoms with Crippen LogP contribution in [0.4, 0.5) is 0 Å². The van der Waals surface area contributed by atoms with Crippen molar-refractivity contribution in [3.05, 3.63) is 12.2 Å². The van der Waals surface area contributed by atoms with Crippen LogP contribution in [0, 0.1) is 0 Å². The van der Waals surface area contributed by atoms with Gasteiger partial charge in [0.1, 0.15) is 6.29 Å². The normalized spacial score (nSPS) is 10.6. The molecule has 0 N–H and O–H groups in total. The molecule has 3 heteroatoms. The van der Waals surface area contributed by atoms with E-state index < -0.39 is 0 Å². The molecule has 0 bridgehead atoms. The van der Waals surface area contributed by atoms with Crippen LogP contribution >= 0.6 is 0 Å². The number of hydrogen-bond donors (Lipinski definition) is 0. The Morgan fingerprint density at radius 2 is 1.69 bits per heavy atom. The summed E-state index contributed by atoms with van der Waals surface area (Å²) in [6.07, 6.45) is 12.1. The topological polar surface area (TPSA) is 43.4 Å². The van der Waals surface area contributed by atoms with Gasteiger partial charge in [0.2, 0.25) is 0 Å². The first-order valence-electron chi connectivity index (χ1n) is 6.01. The smallest absolute Gasteiger partial charge is 0.302 e. The van der Waals surface area contributed by atoms with Gasteiger partial charge < -0.3 is 4.74 Å². The van der Waals surface area contributed by atoms with Gasteiger partial charge in [-0.3, -0.25) is 9.59 Å². The summed E-state index contributed by atoms with van der Waals surface area (Å²) in [4.78, 5) is 20.4. The number of allylic oxidation sites excluding steroid dienone is 2. The zero-order valence-electron chi connectivity index (χ0n) is 10.1. The van der Waals surface area contributed by atoms with Gasteiger partial charge >= 0.3 is 5.97 Å². The number of rotatable bonds is 10. The van der Waals surface area contributed by atoms with E-state index in [2.05, 4.69) is 0 Å². The number of esters is 1. The predicted octanol–water partition coefficient (Wildman–Crippen LogP) is 3.04. The van der Waals surface area contributed by atoms with Crippen molar-refractivity contribution in [3.8, 4) is 0 Å². The summed E-state index contributed by atoms with van der Waals surface area (Å²) in [6.45, 7) is 1.99. The number of ether oxygens (including phenoxy) is 1. The van der Waals surface area contributed by atoms with Crippen LogP contribution in [0.25, 0.3) is 0 Å². The molecule has 0 atom stereocenters. The Bertz CT molecular complexity index is 209. The van der Waals surface area contributed by atoms with Gasteiger partial charge in [-0.05, 0) is 25.3 Å². The Morgan fingerprint density at radius 3 is 2.31 bits per heavy atom. The third-order valence-electron chi connectivity index (χ3n) is 2.29. The molecular weight excluding hydrogens is 204 g/mol. The quantitative estimate of drug-likeness (QED) is 0.249. The molecule has 0 saturated heterocycles. The van der Waals surface area contributed by atoms with E-state index in [0.29, 0.717) is 6.61 Å². The van der Waals surface area contributed by atoms with E-state index in [9.17, 15) is 9.59 Å². The summed E-state index contributed by atoms with van der Waals surface area (Å²) >= 11 is 0. The van der Waals surface area contributed by atoms with Crippen LogP contribution in [0.1, 0.15) is 51.9 Å². The molecule has 0 aliphatic rings. The number of aldehydes is 1. The maximum absolute atomic E-state index is 10.5. The van der Waals surface area contributed by atoms with Crippen molar-refractivity contribution in [1.29, 1.82) is 0 Å². The lowest BCUT2D eigenvalue weighted by Crippen LogP contribution is -1.99. The Balaban J connectivity index is 3.01. The summed E-state index contributed by atoms with van der Waals surface area (Å²) in [7, 11) is 0. The van der Waals surface area contributed by atoms with Crippen LogP contribution < -0.4 is 0 Å². The number of carbonyl (C=O) groups is 2. The van der Waals surface area contributed by atoms with E-state index in [1.165, 1.54) is 26.2 Å². The van der Waals surface area contributed by atoms with Gasteiger partial charge in [-0.2, -0.15) is 0 Å². The van der Waals surface area contributed by atoms with E-state index in [1.54, 1.807) is 6.08 Å². The number of unbranched alkanes of at least 4 members (excludes halogenated alkanes) is 6. The Hall–Kier alpha value is -1.12. The third-order valence-corrected chi connectivity index (χ3v) is 2.29. The van der Waals surface area contributed by atoms with Crippen molar-refractivity contribution in [3.63, 3.8) is 0 Å². The van der Waals surface area contributed by atoms with Crippen LogP contribution in [0.15, 0.2) is 12.2 Å². The molecule has 0 aromatic carbocycles. The summed E-state index contributed by atoms with van der Waals surface area (Å²) in [5, 5.41) is 0. The molecule has 0 aliphatic heterocycles. The fourth-order valence-corrected chi connectivity index (χ4v) is 1.44. The Kier molecular flexibility index (Phi) is 11.1. The van der Waals surface area contributed by atoms with Gasteiger partial charge in [-0.25, -0.2) is 0 Å². The van der Waals surface area contributed by atoms with Gasteiger partial charge in [0, 0.05) is 6.92 Å². The van der Waals surface area contributed by atoms with Gasteiger partial charge in [-0.15, -0.1) is 0 Å². The molecule has 16 heavy (non-hydrogen) atoms. The molecule has 3 nitrogen and oxygen atoms in total. The zero-order valence-corrected chi connectivity index (χ0v) is 10.1. The standard InChI is InChI=1S/C13H22O3/c1-13(15)16-12-10-8-6-4-2-3-5-7-9-11-14/h7,9,11H,2-6,8,10,12H2,1H3/b9-7-. The maximum atomic E-state index is 10.5. The van der Waals surface area contributed by atoms with Crippen LogP contribution in [-0.4, -0.2) is 18.9 Å². The molecule has 92 valence electrons. The zero-order chi connectivity index (χ0) is 12.1. The highest BCUT2D eigenvalue weighted by atomic mass is 16.5. The minimum Gasteiger partial charge on any atom is -0.466 e. The summed E-state index contributed by atoms with van der Waals surface area (Å²) in [5.41, 5.74) is 0. The molecule has 0 unspecified atom stereocenters. The molecule has 0 spiro atoms. The molecule has 0 saturated carbocycles. The van der Waals surface area contributed by atoms with Crippen molar-refractivity contribution in [2.24, 2.45) is 0 Å².